The molecule has 180 valence electrons. The lowest BCUT2D eigenvalue weighted by atomic mass is 10.2. The lowest BCUT2D eigenvalue weighted by Crippen LogP contribution is -2.32. The number of pyridine rings is 1. The van der Waals surface area contributed by atoms with Gasteiger partial charge in [-0.05, 0) is 50.1 Å². The zero-order valence-corrected chi connectivity index (χ0v) is 20.4. The highest BCUT2D eigenvalue weighted by Crippen LogP contribution is 2.30. The third-order valence-electron chi connectivity index (χ3n) is 5.19. The summed E-state index contributed by atoms with van der Waals surface area (Å²) in [5, 5.41) is 10.2. The minimum absolute atomic E-state index is 0.136. The maximum Gasteiger partial charge on any atom is 0.304 e. The van der Waals surface area contributed by atoms with Gasteiger partial charge >= 0.3 is 6.01 Å². The standard InChI is InChI=1S/C24H28ClN5O4/c1-16-5-10-20(13-26-16)34-24-27-22(29(4)15-31)21(23(33)28(3)12-11-17(2)32)30(24)14-18-6-8-19(25)9-7-18/h5-10,13,15,17,32H,11-12,14H2,1-4H3. The van der Waals surface area contributed by atoms with Gasteiger partial charge in [0.1, 0.15) is 5.75 Å². The first-order chi connectivity index (χ1) is 16.2. The lowest BCUT2D eigenvalue weighted by molar-refractivity contribution is -0.107. The normalized spacial score (nSPS) is 11.7. The Kier molecular flexibility index (Phi) is 8.25. The van der Waals surface area contributed by atoms with Gasteiger partial charge in [0.15, 0.2) is 11.5 Å². The number of imidazole rings is 1. The van der Waals surface area contributed by atoms with Crippen LogP contribution in [-0.4, -0.2) is 63.6 Å². The number of benzene rings is 1. The van der Waals surface area contributed by atoms with Crippen LogP contribution in [0.5, 0.6) is 11.8 Å². The van der Waals surface area contributed by atoms with Crippen molar-refractivity contribution in [2.45, 2.75) is 32.9 Å². The molecule has 0 saturated heterocycles. The van der Waals surface area contributed by atoms with Crippen LogP contribution in [0.4, 0.5) is 5.82 Å². The van der Waals surface area contributed by atoms with Crippen LogP contribution in [0.3, 0.4) is 0 Å². The molecule has 2 aromatic heterocycles. The molecule has 1 unspecified atom stereocenters. The van der Waals surface area contributed by atoms with Crippen molar-refractivity contribution in [3.63, 3.8) is 0 Å². The number of aryl methyl sites for hydroxylation is 1. The summed E-state index contributed by atoms with van der Waals surface area (Å²) >= 11 is 6.04. The number of carbonyl (C=O) groups is 2. The number of ether oxygens (including phenoxy) is 1. The van der Waals surface area contributed by atoms with E-state index >= 15 is 0 Å². The Morgan fingerprint density at radius 1 is 1.24 bits per heavy atom. The number of aliphatic hydroxyl groups excluding tert-OH is 1. The van der Waals surface area contributed by atoms with Crippen molar-refractivity contribution >= 4 is 29.7 Å². The Balaban J connectivity index is 2.11. The summed E-state index contributed by atoms with van der Waals surface area (Å²) in [7, 11) is 3.16. The molecule has 0 bridgehead atoms. The number of carbonyl (C=O) groups excluding carboxylic acids is 2. The van der Waals surface area contributed by atoms with E-state index in [1.165, 1.54) is 16.8 Å². The fourth-order valence-corrected chi connectivity index (χ4v) is 3.33. The van der Waals surface area contributed by atoms with Crippen molar-refractivity contribution in [3.8, 4) is 11.8 Å². The highest BCUT2D eigenvalue weighted by Gasteiger charge is 2.29. The van der Waals surface area contributed by atoms with Gasteiger partial charge in [0, 0.05) is 31.4 Å². The van der Waals surface area contributed by atoms with Gasteiger partial charge in [-0.3, -0.25) is 19.1 Å². The van der Waals surface area contributed by atoms with Crippen molar-refractivity contribution in [1.29, 1.82) is 0 Å². The van der Waals surface area contributed by atoms with Crippen molar-refractivity contribution in [1.82, 2.24) is 19.4 Å². The smallest absolute Gasteiger partial charge is 0.304 e. The van der Waals surface area contributed by atoms with Crippen LogP contribution in [0.25, 0.3) is 0 Å². The molecule has 10 heteroatoms. The quantitative estimate of drug-likeness (QED) is 0.441. The van der Waals surface area contributed by atoms with Gasteiger partial charge in [0.25, 0.3) is 5.91 Å². The minimum Gasteiger partial charge on any atom is -0.424 e. The first-order valence-electron chi connectivity index (χ1n) is 10.8. The number of hydrogen-bond donors (Lipinski definition) is 1. The Morgan fingerprint density at radius 2 is 1.94 bits per heavy atom. The van der Waals surface area contributed by atoms with E-state index in [2.05, 4.69) is 9.97 Å². The third-order valence-corrected chi connectivity index (χ3v) is 5.44. The number of rotatable bonds is 10. The number of nitrogens with zero attached hydrogens (tertiary/aromatic N) is 5. The first kappa shape index (κ1) is 25.2. The molecule has 0 aliphatic carbocycles. The van der Waals surface area contributed by atoms with Crippen LogP contribution in [0.2, 0.25) is 5.02 Å². The summed E-state index contributed by atoms with van der Waals surface area (Å²) in [4.78, 5) is 36.6. The SMILES string of the molecule is Cc1ccc(Oc2nc(N(C)C=O)c(C(=O)N(C)CCC(C)O)n2Cc2ccc(Cl)cc2)cn1. The Morgan fingerprint density at radius 3 is 2.53 bits per heavy atom. The summed E-state index contributed by atoms with van der Waals surface area (Å²) in [6.45, 7) is 4.10. The van der Waals surface area contributed by atoms with E-state index in [4.69, 9.17) is 16.3 Å². The molecule has 1 aromatic carbocycles. The molecule has 0 aliphatic rings. The van der Waals surface area contributed by atoms with Gasteiger partial charge in [-0.25, -0.2) is 0 Å². The second-order valence-corrected chi connectivity index (χ2v) is 8.53. The van der Waals surface area contributed by atoms with Gasteiger partial charge < -0.3 is 19.6 Å². The summed E-state index contributed by atoms with van der Waals surface area (Å²) in [6, 6.07) is 10.9. The van der Waals surface area contributed by atoms with Crippen LogP contribution in [0.15, 0.2) is 42.6 Å². The van der Waals surface area contributed by atoms with E-state index in [-0.39, 0.29) is 30.0 Å². The Hall–Kier alpha value is -3.43. The van der Waals surface area contributed by atoms with Crippen LogP contribution < -0.4 is 9.64 Å². The number of amides is 2. The van der Waals surface area contributed by atoms with Crippen LogP contribution >= 0.6 is 11.6 Å². The van der Waals surface area contributed by atoms with Gasteiger partial charge in [-0.1, -0.05) is 23.7 Å². The Bertz CT molecular complexity index is 1130. The van der Waals surface area contributed by atoms with E-state index in [9.17, 15) is 14.7 Å². The molecule has 3 aromatic rings. The van der Waals surface area contributed by atoms with E-state index < -0.39 is 6.10 Å². The summed E-state index contributed by atoms with van der Waals surface area (Å²) in [6.07, 6.45) is 2.00. The number of hydrogen-bond acceptors (Lipinski definition) is 6. The third kappa shape index (κ3) is 6.12. The molecule has 0 saturated carbocycles. The van der Waals surface area contributed by atoms with Crippen LogP contribution in [-0.2, 0) is 11.3 Å². The average Bonchev–Trinajstić information content (AvgIpc) is 3.16. The fraction of sp³-hybridized carbons (Fsp3) is 0.333. The molecule has 2 heterocycles. The van der Waals surface area contributed by atoms with Crippen LogP contribution in [0.1, 0.15) is 35.1 Å². The van der Waals surface area contributed by atoms with Gasteiger partial charge in [0.2, 0.25) is 6.41 Å². The van der Waals surface area contributed by atoms with Crippen molar-refractivity contribution in [3.05, 3.63) is 64.6 Å². The second kappa shape index (κ2) is 11.1. The molecule has 1 N–H and O–H groups in total. The topological polar surface area (TPSA) is 101 Å². The lowest BCUT2D eigenvalue weighted by Gasteiger charge is -2.21. The largest absolute Gasteiger partial charge is 0.424 e. The molecule has 0 radical (unpaired) electrons. The molecule has 34 heavy (non-hydrogen) atoms. The number of anilines is 1. The van der Waals surface area contributed by atoms with Crippen molar-refractivity contribution in [2.75, 3.05) is 25.5 Å². The predicted octanol–water partition coefficient (Wildman–Crippen LogP) is 3.52. The molecule has 2 amide bonds. The summed E-state index contributed by atoms with van der Waals surface area (Å²) < 4.78 is 7.64. The maximum atomic E-state index is 13.5. The second-order valence-electron chi connectivity index (χ2n) is 8.10. The molecular formula is C24H28ClN5O4. The highest BCUT2D eigenvalue weighted by atomic mass is 35.5. The number of halogens is 1. The zero-order chi connectivity index (χ0) is 24.8. The fourth-order valence-electron chi connectivity index (χ4n) is 3.21. The van der Waals surface area contributed by atoms with E-state index in [1.54, 1.807) is 49.0 Å². The summed E-state index contributed by atoms with van der Waals surface area (Å²) in [5.74, 6) is 0.241. The van der Waals surface area contributed by atoms with Crippen molar-refractivity contribution in [2.24, 2.45) is 0 Å². The van der Waals surface area contributed by atoms with E-state index in [1.807, 2.05) is 19.1 Å². The van der Waals surface area contributed by atoms with Crippen molar-refractivity contribution < 1.29 is 19.4 Å². The average molecular weight is 486 g/mol. The molecule has 0 aliphatic heterocycles. The molecule has 0 spiro atoms. The zero-order valence-electron chi connectivity index (χ0n) is 19.6. The molecule has 0 fully saturated rings. The maximum absolute atomic E-state index is 13.5. The highest BCUT2D eigenvalue weighted by molar-refractivity contribution is 6.30. The summed E-state index contributed by atoms with van der Waals surface area (Å²) in [5.41, 5.74) is 1.87. The number of aliphatic hydroxyl groups is 1. The van der Waals surface area contributed by atoms with Gasteiger partial charge in [0.05, 0.1) is 18.8 Å². The first-order valence-corrected chi connectivity index (χ1v) is 11.1. The molecule has 3 rings (SSSR count). The van der Waals surface area contributed by atoms with Crippen LogP contribution in [0, 0.1) is 6.92 Å². The predicted molar refractivity (Wildman–Crippen MR) is 130 cm³/mol. The molecule has 1 atom stereocenters. The molecular weight excluding hydrogens is 458 g/mol. The minimum atomic E-state index is -0.556. The van der Waals surface area contributed by atoms with Gasteiger partial charge in [-0.15, -0.1) is 0 Å². The Labute approximate surface area is 203 Å². The van der Waals surface area contributed by atoms with Gasteiger partial charge in [-0.2, -0.15) is 4.98 Å². The molecule has 9 nitrogen and oxygen atoms in total. The van der Waals surface area contributed by atoms with E-state index in [0.717, 1.165) is 11.3 Å². The number of aromatic nitrogens is 3. The van der Waals surface area contributed by atoms with E-state index in [0.29, 0.717) is 30.1 Å². The monoisotopic (exact) mass is 485 g/mol.